The van der Waals surface area contributed by atoms with Gasteiger partial charge in [-0.25, -0.2) is 9.78 Å². The van der Waals surface area contributed by atoms with Crippen molar-refractivity contribution in [1.29, 1.82) is 0 Å². The number of benzene rings is 1. The third-order valence-electron chi connectivity index (χ3n) is 8.72. The van der Waals surface area contributed by atoms with Crippen LogP contribution in [0.4, 0.5) is 4.79 Å². The van der Waals surface area contributed by atoms with Gasteiger partial charge in [0.15, 0.2) is 0 Å². The second-order valence-electron chi connectivity index (χ2n) is 11.4. The number of hydrogen-bond acceptors (Lipinski definition) is 4. The molecule has 4 aliphatic carbocycles. The number of nitrogens with zero attached hydrogens (tertiary/aromatic N) is 1. The lowest BCUT2D eigenvalue weighted by Crippen LogP contribution is -2.60. The molecule has 7 rings (SSSR count). The van der Waals surface area contributed by atoms with Crippen LogP contribution in [0.5, 0.6) is 0 Å². The highest BCUT2D eigenvalue weighted by atomic mass is 16.6. The molecule has 1 unspecified atom stereocenters. The van der Waals surface area contributed by atoms with Crippen molar-refractivity contribution in [2.24, 2.45) is 23.7 Å². The minimum atomic E-state index is -1.16. The molecular formula is C28H35N5O3. The van der Waals surface area contributed by atoms with Gasteiger partial charge >= 0.3 is 6.09 Å². The molecule has 4 fully saturated rings. The van der Waals surface area contributed by atoms with Crippen LogP contribution in [-0.2, 0) is 22.4 Å². The van der Waals surface area contributed by atoms with Crippen LogP contribution in [0.3, 0.4) is 0 Å². The first-order valence-corrected chi connectivity index (χ1v) is 13.3. The summed E-state index contributed by atoms with van der Waals surface area (Å²) in [6.45, 7) is 2.23. The first-order chi connectivity index (χ1) is 17.5. The molecule has 0 radical (unpaired) electrons. The van der Waals surface area contributed by atoms with Gasteiger partial charge in [0.2, 0.25) is 5.91 Å². The number of aromatic nitrogens is 3. The molecule has 8 heteroatoms. The first kappa shape index (κ1) is 23.1. The van der Waals surface area contributed by atoms with Crippen LogP contribution in [0, 0.1) is 23.7 Å². The molecule has 4 saturated carbocycles. The topological polar surface area (TPSA) is 112 Å². The zero-order valence-corrected chi connectivity index (χ0v) is 20.8. The summed E-state index contributed by atoms with van der Waals surface area (Å²) >= 11 is 0. The molecule has 190 valence electrons. The van der Waals surface area contributed by atoms with Gasteiger partial charge in [-0.05, 0) is 74.3 Å². The number of carbonyl (C=O) groups excluding carboxylic acids is 2. The summed E-state index contributed by atoms with van der Waals surface area (Å²) in [7, 11) is 0. The Hall–Kier alpha value is -3.29. The number of fused-ring (bicyclic) bond motifs is 1. The van der Waals surface area contributed by atoms with E-state index in [0.29, 0.717) is 31.2 Å². The van der Waals surface area contributed by atoms with E-state index >= 15 is 0 Å². The number of H-pyrrole nitrogens is 2. The minimum Gasteiger partial charge on any atom is -0.446 e. The van der Waals surface area contributed by atoms with Gasteiger partial charge in [0.1, 0.15) is 11.6 Å². The number of para-hydroxylation sites is 1. The number of amides is 2. The van der Waals surface area contributed by atoms with E-state index in [2.05, 4.69) is 25.6 Å². The van der Waals surface area contributed by atoms with Gasteiger partial charge in [0.05, 0.1) is 6.33 Å². The monoisotopic (exact) mass is 489 g/mol. The molecule has 2 amide bonds. The normalized spacial score (nSPS) is 28.1. The Morgan fingerprint density at radius 2 is 1.83 bits per heavy atom. The molecule has 8 nitrogen and oxygen atoms in total. The predicted molar refractivity (Wildman–Crippen MR) is 136 cm³/mol. The van der Waals surface area contributed by atoms with Gasteiger partial charge in [-0.1, -0.05) is 18.2 Å². The number of aromatic amines is 2. The van der Waals surface area contributed by atoms with E-state index in [9.17, 15) is 9.59 Å². The summed E-state index contributed by atoms with van der Waals surface area (Å²) in [5, 5.41) is 7.05. The lowest BCUT2D eigenvalue weighted by Gasteiger charge is -2.53. The van der Waals surface area contributed by atoms with Crippen LogP contribution in [0.15, 0.2) is 43.0 Å². The maximum absolute atomic E-state index is 13.5. The Balaban J connectivity index is 1.17. The van der Waals surface area contributed by atoms with Crippen molar-refractivity contribution in [3.8, 4) is 0 Å². The van der Waals surface area contributed by atoms with Crippen molar-refractivity contribution in [3.63, 3.8) is 0 Å². The van der Waals surface area contributed by atoms with E-state index in [-0.39, 0.29) is 12.0 Å². The Kier molecular flexibility index (Phi) is 5.97. The zero-order valence-electron chi connectivity index (χ0n) is 20.8. The largest absolute Gasteiger partial charge is 0.446 e. The van der Waals surface area contributed by atoms with E-state index in [0.717, 1.165) is 34.0 Å². The number of nitrogens with one attached hydrogen (secondary N) is 4. The summed E-state index contributed by atoms with van der Waals surface area (Å²) in [4.78, 5) is 37.1. The molecule has 4 bridgehead atoms. The summed E-state index contributed by atoms with van der Waals surface area (Å²) < 4.78 is 6.09. The standard InChI is InChI=1S/C28H35N5O3/c1-28(26(34)30-7-6-22-15-29-16-32-22,13-21-14-31-24-5-3-2-4-23(21)24)33-27(35)36-25-19-9-17-8-18(11-19)12-20(25)10-17/h2-5,14-20,25,31H,6-13H2,1H3,(H,29,32)(H,30,34)(H,33,35). The fourth-order valence-electron chi connectivity index (χ4n) is 7.21. The van der Waals surface area contributed by atoms with Gasteiger partial charge in [-0.2, -0.15) is 0 Å². The summed E-state index contributed by atoms with van der Waals surface area (Å²) in [6.07, 6.45) is 11.8. The van der Waals surface area contributed by atoms with Crippen LogP contribution < -0.4 is 10.6 Å². The van der Waals surface area contributed by atoms with Gasteiger partial charge < -0.3 is 25.3 Å². The lowest BCUT2D eigenvalue weighted by atomic mass is 9.55. The fourth-order valence-corrected chi connectivity index (χ4v) is 7.21. The van der Waals surface area contributed by atoms with Crippen LogP contribution in [-0.4, -0.2) is 45.1 Å². The van der Waals surface area contributed by atoms with E-state index < -0.39 is 11.6 Å². The van der Waals surface area contributed by atoms with Crippen LogP contribution in [0.2, 0.25) is 0 Å². The third kappa shape index (κ3) is 4.49. The highest BCUT2D eigenvalue weighted by Crippen LogP contribution is 2.54. The van der Waals surface area contributed by atoms with Gasteiger partial charge in [0.25, 0.3) is 0 Å². The van der Waals surface area contributed by atoms with E-state index in [1.807, 2.05) is 30.5 Å². The SMILES string of the molecule is CC(Cc1c[nH]c2ccccc12)(NC(=O)OC1C2CC3CC(C2)CC1C3)C(=O)NCCc1cnc[nH]1. The lowest BCUT2D eigenvalue weighted by molar-refractivity contribution is -0.127. The molecule has 2 heterocycles. The maximum Gasteiger partial charge on any atom is 0.408 e. The summed E-state index contributed by atoms with van der Waals surface area (Å²) in [5.74, 6) is 2.32. The van der Waals surface area contributed by atoms with Crippen molar-refractivity contribution in [3.05, 3.63) is 54.2 Å². The van der Waals surface area contributed by atoms with Crippen LogP contribution in [0.25, 0.3) is 10.9 Å². The molecule has 3 aromatic rings. The number of alkyl carbamates (subject to hydrolysis) is 1. The number of rotatable bonds is 8. The first-order valence-electron chi connectivity index (χ1n) is 13.3. The number of carbonyl (C=O) groups is 2. The second kappa shape index (κ2) is 9.30. The Bertz CT molecular complexity index is 1210. The Morgan fingerprint density at radius 3 is 2.56 bits per heavy atom. The summed E-state index contributed by atoms with van der Waals surface area (Å²) in [5.41, 5.74) is 1.77. The molecule has 4 N–H and O–H groups in total. The van der Waals surface area contributed by atoms with Crippen molar-refractivity contribution >= 4 is 22.9 Å². The van der Waals surface area contributed by atoms with Crippen molar-refractivity contribution in [2.75, 3.05) is 6.54 Å². The maximum atomic E-state index is 13.5. The van der Waals surface area contributed by atoms with Crippen molar-refractivity contribution in [1.82, 2.24) is 25.6 Å². The van der Waals surface area contributed by atoms with Gasteiger partial charge in [0, 0.05) is 48.4 Å². The molecule has 1 aromatic carbocycles. The molecule has 0 aliphatic heterocycles. The number of hydrogen-bond donors (Lipinski definition) is 4. The second-order valence-corrected chi connectivity index (χ2v) is 11.4. The third-order valence-corrected chi connectivity index (χ3v) is 8.72. The highest BCUT2D eigenvalue weighted by molar-refractivity contribution is 5.91. The molecule has 4 aliphatic rings. The van der Waals surface area contributed by atoms with Crippen LogP contribution in [0.1, 0.15) is 50.3 Å². The van der Waals surface area contributed by atoms with Gasteiger partial charge in [-0.3, -0.25) is 4.79 Å². The zero-order chi connectivity index (χ0) is 24.7. The summed E-state index contributed by atoms with van der Waals surface area (Å²) in [6, 6.07) is 8.00. The predicted octanol–water partition coefficient (Wildman–Crippen LogP) is 4.10. The molecule has 2 aromatic heterocycles. The minimum absolute atomic E-state index is 0.0291. The fraction of sp³-hybridized carbons (Fsp3) is 0.536. The molecule has 1 atom stereocenters. The molecule has 0 saturated heterocycles. The average Bonchev–Trinajstić information content (AvgIpc) is 3.51. The van der Waals surface area contributed by atoms with E-state index in [1.165, 1.54) is 32.1 Å². The quantitative estimate of drug-likeness (QED) is 0.382. The van der Waals surface area contributed by atoms with Crippen LogP contribution >= 0.6 is 0 Å². The van der Waals surface area contributed by atoms with Crippen molar-refractivity contribution in [2.45, 2.75) is 63.5 Å². The number of imidazole rings is 1. The van der Waals surface area contributed by atoms with Gasteiger partial charge in [-0.15, -0.1) is 0 Å². The Labute approximate surface area is 211 Å². The number of ether oxygens (including phenoxy) is 1. The van der Waals surface area contributed by atoms with Crippen molar-refractivity contribution < 1.29 is 14.3 Å². The van der Waals surface area contributed by atoms with E-state index in [4.69, 9.17) is 4.74 Å². The Morgan fingerprint density at radius 1 is 1.08 bits per heavy atom. The average molecular weight is 490 g/mol. The molecule has 0 spiro atoms. The smallest absolute Gasteiger partial charge is 0.408 e. The molecule has 36 heavy (non-hydrogen) atoms. The molecular weight excluding hydrogens is 454 g/mol. The highest BCUT2D eigenvalue weighted by Gasteiger charge is 2.50. The van der Waals surface area contributed by atoms with E-state index in [1.54, 1.807) is 19.4 Å².